The van der Waals surface area contributed by atoms with Gasteiger partial charge in [-0.1, -0.05) is 0 Å². The highest BCUT2D eigenvalue weighted by Crippen LogP contribution is 2.41. The van der Waals surface area contributed by atoms with Crippen LogP contribution in [0.2, 0.25) is 0 Å². The van der Waals surface area contributed by atoms with Crippen molar-refractivity contribution in [2.45, 2.75) is 6.42 Å². The Bertz CT molecular complexity index is 557. The second-order valence-corrected chi connectivity index (χ2v) is 4.89. The van der Waals surface area contributed by atoms with E-state index in [1.165, 1.54) is 11.3 Å². The van der Waals surface area contributed by atoms with Crippen molar-refractivity contribution in [3.8, 4) is 27.8 Å². The number of hydrogen-bond donors (Lipinski definition) is 1. The van der Waals surface area contributed by atoms with Gasteiger partial charge in [0.25, 0.3) is 0 Å². The fraction of sp³-hybridized carbons (Fsp3) is 0.357. The minimum atomic E-state index is 0.0957. The Labute approximate surface area is 121 Å². The molecule has 20 heavy (non-hydrogen) atoms. The third-order valence-corrected chi connectivity index (χ3v) is 3.77. The normalized spacial score (nSPS) is 10.4. The van der Waals surface area contributed by atoms with Crippen molar-refractivity contribution in [1.29, 1.82) is 0 Å². The number of rotatable bonds is 6. The van der Waals surface area contributed by atoms with Gasteiger partial charge in [0.2, 0.25) is 5.75 Å². The molecule has 0 amide bonds. The lowest BCUT2D eigenvalue weighted by Crippen LogP contribution is -1.96. The molecule has 0 radical (unpaired) electrons. The molecule has 2 aromatic rings. The number of aliphatic hydroxyl groups is 1. The van der Waals surface area contributed by atoms with Crippen LogP contribution in [0.15, 0.2) is 17.5 Å². The van der Waals surface area contributed by atoms with Gasteiger partial charge in [-0.2, -0.15) is 0 Å². The van der Waals surface area contributed by atoms with Crippen LogP contribution in [0.3, 0.4) is 0 Å². The highest BCUT2D eigenvalue weighted by Gasteiger charge is 2.15. The molecule has 1 N–H and O–H groups in total. The van der Waals surface area contributed by atoms with Crippen molar-refractivity contribution in [3.05, 3.63) is 23.2 Å². The number of aromatic nitrogens is 1. The van der Waals surface area contributed by atoms with Crippen LogP contribution >= 0.6 is 11.3 Å². The summed E-state index contributed by atoms with van der Waals surface area (Å²) in [7, 11) is 4.74. The van der Waals surface area contributed by atoms with Crippen molar-refractivity contribution >= 4 is 11.3 Å². The molecule has 2 rings (SSSR count). The van der Waals surface area contributed by atoms with Crippen molar-refractivity contribution in [2.75, 3.05) is 27.9 Å². The van der Waals surface area contributed by atoms with E-state index in [1.807, 2.05) is 17.5 Å². The molecule has 108 valence electrons. The van der Waals surface area contributed by atoms with Gasteiger partial charge in [-0.15, -0.1) is 11.3 Å². The molecule has 5 nitrogen and oxygen atoms in total. The summed E-state index contributed by atoms with van der Waals surface area (Å²) in [6.45, 7) is 0.0957. The van der Waals surface area contributed by atoms with E-state index in [2.05, 4.69) is 4.98 Å². The van der Waals surface area contributed by atoms with Gasteiger partial charge in [0, 0.05) is 24.0 Å². The summed E-state index contributed by atoms with van der Waals surface area (Å²) in [5.74, 6) is 1.76. The van der Waals surface area contributed by atoms with Crippen LogP contribution in [0, 0.1) is 0 Å². The average Bonchev–Trinajstić information content (AvgIpc) is 2.94. The van der Waals surface area contributed by atoms with E-state index in [1.54, 1.807) is 21.3 Å². The third kappa shape index (κ3) is 2.86. The zero-order valence-corrected chi connectivity index (χ0v) is 12.5. The Hall–Kier alpha value is -1.79. The molecule has 1 aromatic carbocycles. The van der Waals surface area contributed by atoms with E-state index in [4.69, 9.17) is 19.3 Å². The lowest BCUT2D eigenvalue weighted by atomic mass is 10.2. The fourth-order valence-corrected chi connectivity index (χ4v) is 2.72. The minimum absolute atomic E-state index is 0.0957. The standard InChI is InChI=1S/C14H17NO4S/c1-17-11-6-9(7-12(18-2)13(11)19-3)14-15-10(4-5-16)8-20-14/h6-8,16H,4-5H2,1-3H3. The monoisotopic (exact) mass is 295 g/mol. The van der Waals surface area contributed by atoms with Crippen LogP contribution in [0.25, 0.3) is 10.6 Å². The first-order valence-corrected chi connectivity index (χ1v) is 6.97. The number of aliphatic hydroxyl groups excluding tert-OH is 1. The predicted molar refractivity (Wildman–Crippen MR) is 78.0 cm³/mol. The van der Waals surface area contributed by atoms with Gasteiger partial charge in [-0.05, 0) is 12.1 Å². The van der Waals surface area contributed by atoms with Gasteiger partial charge in [0.1, 0.15) is 5.01 Å². The van der Waals surface area contributed by atoms with Crippen molar-refractivity contribution in [2.24, 2.45) is 0 Å². The van der Waals surface area contributed by atoms with Crippen molar-refractivity contribution in [3.63, 3.8) is 0 Å². The average molecular weight is 295 g/mol. The molecule has 0 fully saturated rings. The van der Waals surface area contributed by atoms with Crippen LogP contribution in [0.4, 0.5) is 0 Å². The molecule has 0 saturated heterocycles. The molecule has 0 aliphatic rings. The second kappa shape index (κ2) is 6.58. The Balaban J connectivity index is 2.45. The molecule has 0 aliphatic heterocycles. The summed E-state index contributed by atoms with van der Waals surface area (Å²) in [4.78, 5) is 4.48. The van der Waals surface area contributed by atoms with Crippen molar-refractivity contribution in [1.82, 2.24) is 4.98 Å². The first-order valence-electron chi connectivity index (χ1n) is 6.09. The first-order chi connectivity index (χ1) is 9.73. The number of methoxy groups -OCH3 is 3. The fourth-order valence-electron chi connectivity index (χ4n) is 1.87. The maximum atomic E-state index is 8.94. The number of nitrogens with zero attached hydrogens (tertiary/aromatic N) is 1. The summed E-state index contributed by atoms with van der Waals surface area (Å²) in [5, 5.41) is 11.7. The predicted octanol–water partition coefficient (Wildman–Crippen LogP) is 2.37. The van der Waals surface area contributed by atoms with Gasteiger partial charge in [-0.3, -0.25) is 0 Å². The molecule has 0 saturated carbocycles. The van der Waals surface area contributed by atoms with Crippen molar-refractivity contribution < 1.29 is 19.3 Å². The van der Waals surface area contributed by atoms with E-state index in [9.17, 15) is 0 Å². The quantitative estimate of drug-likeness (QED) is 0.886. The summed E-state index contributed by atoms with van der Waals surface area (Å²) < 4.78 is 15.9. The zero-order chi connectivity index (χ0) is 14.5. The summed E-state index contributed by atoms with van der Waals surface area (Å²) in [5.41, 5.74) is 1.77. The van der Waals surface area contributed by atoms with E-state index in [-0.39, 0.29) is 6.61 Å². The number of hydrogen-bond acceptors (Lipinski definition) is 6. The summed E-state index contributed by atoms with van der Waals surface area (Å²) >= 11 is 1.52. The molecular weight excluding hydrogens is 278 g/mol. The molecule has 0 aliphatic carbocycles. The lowest BCUT2D eigenvalue weighted by molar-refractivity contribution is 0.298. The van der Waals surface area contributed by atoms with E-state index < -0.39 is 0 Å². The van der Waals surface area contributed by atoms with Gasteiger partial charge in [-0.25, -0.2) is 4.98 Å². The van der Waals surface area contributed by atoms with Crippen LogP contribution in [0.1, 0.15) is 5.69 Å². The Morgan fingerprint density at radius 1 is 1.10 bits per heavy atom. The van der Waals surface area contributed by atoms with E-state index >= 15 is 0 Å². The molecule has 0 bridgehead atoms. The Morgan fingerprint density at radius 3 is 2.25 bits per heavy atom. The highest BCUT2D eigenvalue weighted by molar-refractivity contribution is 7.13. The van der Waals surface area contributed by atoms with Gasteiger partial charge < -0.3 is 19.3 Å². The first kappa shape index (κ1) is 14.6. The molecule has 6 heteroatoms. The van der Waals surface area contributed by atoms with Crippen LogP contribution in [-0.4, -0.2) is 38.0 Å². The van der Waals surface area contributed by atoms with Crippen LogP contribution in [0.5, 0.6) is 17.2 Å². The molecule has 0 atom stereocenters. The largest absolute Gasteiger partial charge is 0.493 e. The minimum Gasteiger partial charge on any atom is -0.493 e. The SMILES string of the molecule is COc1cc(-c2nc(CCO)cs2)cc(OC)c1OC. The topological polar surface area (TPSA) is 60.8 Å². The summed E-state index contributed by atoms with van der Waals surface area (Å²) in [6, 6.07) is 3.73. The Kier molecular flexibility index (Phi) is 4.81. The smallest absolute Gasteiger partial charge is 0.203 e. The van der Waals surface area contributed by atoms with Gasteiger partial charge in [0.15, 0.2) is 11.5 Å². The van der Waals surface area contributed by atoms with E-state index in [0.717, 1.165) is 16.3 Å². The molecule has 0 spiro atoms. The number of benzene rings is 1. The molecular formula is C14H17NO4S. The Morgan fingerprint density at radius 2 is 1.75 bits per heavy atom. The van der Waals surface area contributed by atoms with Gasteiger partial charge in [0.05, 0.1) is 27.0 Å². The maximum absolute atomic E-state index is 8.94. The number of ether oxygens (including phenoxy) is 3. The van der Waals surface area contributed by atoms with Crippen LogP contribution < -0.4 is 14.2 Å². The summed E-state index contributed by atoms with van der Waals surface area (Å²) in [6.07, 6.45) is 0.556. The van der Waals surface area contributed by atoms with Crippen LogP contribution in [-0.2, 0) is 6.42 Å². The number of thiazole rings is 1. The maximum Gasteiger partial charge on any atom is 0.203 e. The molecule has 0 unspecified atom stereocenters. The second-order valence-electron chi connectivity index (χ2n) is 4.03. The highest BCUT2D eigenvalue weighted by atomic mass is 32.1. The molecule has 1 aromatic heterocycles. The third-order valence-electron chi connectivity index (χ3n) is 2.83. The van der Waals surface area contributed by atoms with Gasteiger partial charge >= 0.3 is 0 Å². The molecule has 1 heterocycles. The van der Waals surface area contributed by atoms with E-state index in [0.29, 0.717) is 23.7 Å². The lowest BCUT2D eigenvalue weighted by Gasteiger charge is -2.13. The zero-order valence-electron chi connectivity index (χ0n) is 11.7.